The zero-order chi connectivity index (χ0) is 14.3. The normalized spacial score (nSPS) is 9.11. The highest BCUT2D eigenvalue weighted by Crippen LogP contribution is 2.09. The molecule has 1 heterocycles. The lowest BCUT2D eigenvalue weighted by molar-refractivity contribution is 0.0696. The Kier molecular flexibility index (Phi) is 5.56. The van der Waals surface area contributed by atoms with Gasteiger partial charge < -0.3 is 15.5 Å². The molecule has 3 N–H and O–H groups in total. The summed E-state index contributed by atoms with van der Waals surface area (Å²) in [5.74, 6) is -2.25. The lowest BCUT2D eigenvalue weighted by atomic mass is 10.1. The van der Waals surface area contributed by atoms with Crippen LogP contribution in [0.15, 0.2) is 41.1 Å². The molecule has 6 heteroatoms. The van der Waals surface area contributed by atoms with Crippen molar-refractivity contribution < 1.29 is 19.8 Å². The van der Waals surface area contributed by atoms with Crippen molar-refractivity contribution in [1.82, 2.24) is 0 Å². The lowest BCUT2D eigenvalue weighted by Crippen LogP contribution is -2.01. The Morgan fingerprint density at radius 2 is 1.68 bits per heavy atom. The predicted molar refractivity (Wildman–Crippen MR) is 74.2 cm³/mol. The van der Waals surface area contributed by atoms with Crippen LogP contribution < -0.4 is 5.32 Å². The van der Waals surface area contributed by atoms with E-state index in [4.69, 9.17) is 10.2 Å². The summed E-state index contributed by atoms with van der Waals surface area (Å²) in [4.78, 5) is 20.8. The maximum absolute atomic E-state index is 10.4. The van der Waals surface area contributed by atoms with Crippen LogP contribution in [0.2, 0.25) is 0 Å². The quantitative estimate of drug-likeness (QED) is 0.804. The van der Waals surface area contributed by atoms with Crippen molar-refractivity contribution in [1.29, 1.82) is 0 Å². The van der Waals surface area contributed by atoms with Gasteiger partial charge in [0.2, 0.25) is 0 Å². The highest BCUT2D eigenvalue weighted by Gasteiger charge is 2.06. The molecular formula is C13H13NO4S. The topological polar surface area (TPSA) is 86.6 Å². The molecule has 0 saturated carbocycles. The summed E-state index contributed by atoms with van der Waals surface area (Å²) in [6, 6.07) is 7.24. The third kappa shape index (κ3) is 4.81. The van der Waals surface area contributed by atoms with Crippen molar-refractivity contribution in [2.24, 2.45) is 0 Å². The number of carboxylic acids is 2. The fourth-order valence-corrected chi connectivity index (χ4v) is 1.84. The molecular weight excluding hydrogens is 266 g/mol. The first-order valence-electron chi connectivity index (χ1n) is 5.31. The summed E-state index contributed by atoms with van der Waals surface area (Å²) in [7, 11) is 1.92. The third-order valence-corrected chi connectivity index (χ3v) is 2.85. The second-order valence-corrected chi connectivity index (χ2v) is 4.23. The minimum atomic E-state index is -1.13. The fourth-order valence-electron chi connectivity index (χ4n) is 1.19. The molecule has 0 aliphatic rings. The van der Waals surface area contributed by atoms with E-state index in [1.165, 1.54) is 23.9 Å². The number of nitrogens with one attached hydrogen (secondary N) is 1. The Bertz CT molecular complexity index is 522. The first-order chi connectivity index (χ1) is 9.04. The average molecular weight is 279 g/mol. The van der Waals surface area contributed by atoms with Crippen molar-refractivity contribution in [2.45, 2.75) is 0 Å². The SMILES string of the molecule is CNc1ccsc1.O=C(O)c1cccc(C(=O)O)c1. The maximum Gasteiger partial charge on any atom is 0.335 e. The summed E-state index contributed by atoms with van der Waals surface area (Å²) < 4.78 is 0. The number of carboxylic acid groups (broad SMARTS) is 2. The summed E-state index contributed by atoms with van der Waals surface area (Å²) >= 11 is 1.70. The van der Waals surface area contributed by atoms with Crippen LogP contribution in [0.1, 0.15) is 20.7 Å². The summed E-state index contributed by atoms with van der Waals surface area (Å²) in [5.41, 5.74) is 1.16. The summed E-state index contributed by atoms with van der Waals surface area (Å²) in [6.07, 6.45) is 0. The van der Waals surface area contributed by atoms with Gasteiger partial charge >= 0.3 is 11.9 Å². The molecule has 0 saturated heterocycles. The molecule has 2 aromatic rings. The Balaban J connectivity index is 0.000000218. The first-order valence-corrected chi connectivity index (χ1v) is 6.25. The van der Waals surface area contributed by atoms with Crippen molar-refractivity contribution >= 4 is 29.0 Å². The Morgan fingerprint density at radius 1 is 1.11 bits per heavy atom. The number of benzene rings is 1. The summed E-state index contributed by atoms with van der Waals surface area (Å²) in [5, 5.41) is 24.1. The van der Waals surface area contributed by atoms with E-state index in [1.54, 1.807) is 11.3 Å². The van der Waals surface area contributed by atoms with Crippen LogP contribution in [-0.2, 0) is 0 Å². The molecule has 1 aromatic heterocycles. The molecule has 19 heavy (non-hydrogen) atoms. The van der Waals surface area contributed by atoms with Crippen LogP contribution in [0.25, 0.3) is 0 Å². The fraction of sp³-hybridized carbons (Fsp3) is 0.0769. The van der Waals surface area contributed by atoms with Crippen molar-refractivity contribution in [3.8, 4) is 0 Å². The zero-order valence-electron chi connectivity index (χ0n) is 10.2. The number of thiophene rings is 1. The van der Waals surface area contributed by atoms with Crippen LogP contribution in [-0.4, -0.2) is 29.2 Å². The van der Waals surface area contributed by atoms with Crippen molar-refractivity contribution in [3.63, 3.8) is 0 Å². The molecule has 100 valence electrons. The molecule has 0 aliphatic heterocycles. The van der Waals surface area contributed by atoms with Gasteiger partial charge in [-0.15, -0.1) is 0 Å². The van der Waals surface area contributed by atoms with Gasteiger partial charge in [0.05, 0.1) is 11.1 Å². The number of aromatic carboxylic acids is 2. The van der Waals surface area contributed by atoms with Gasteiger partial charge in [0.15, 0.2) is 0 Å². The van der Waals surface area contributed by atoms with Gasteiger partial charge in [-0.3, -0.25) is 0 Å². The minimum Gasteiger partial charge on any atom is -0.478 e. The minimum absolute atomic E-state index is 0.0186. The second-order valence-electron chi connectivity index (χ2n) is 3.45. The molecule has 0 atom stereocenters. The average Bonchev–Trinajstić information content (AvgIpc) is 2.92. The first kappa shape index (κ1) is 14.7. The molecule has 0 aliphatic carbocycles. The van der Waals surface area contributed by atoms with Gasteiger partial charge in [-0.05, 0) is 29.6 Å². The molecule has 0 fully saturated rings. The summed E-state index contributed by atoms with van der Waals surface area (Å²) in [6.45, 7) is 0. The lowest BCUT2D eigenvalue weighted by Gasteiger charge is -1.95. The highest BCUT2D eigenvalue weighted by molar-refractivity contribution is 7.08. The molecule has 0 amide bonds. The van der Waals surface area contributed by atoms with E-state index in [0.717, 1.165) is 6.07 Å². The Hall–Kier alpha value is -2.34. The largest absolute Gasteiger partial charge is 0.478 e. The monoisotopic (exact) mass is 279 g/mol. The number of hydrogen-bond donors (Lipinski definition) is 3. The third-order valence-electron chi connectivity index (χ3n) is 2.17. The Morgan fingerprint density at radius 3 is 2.00 bits per heavy atom. The van der Waals surface area contributed by atoms with Crippen molar-refractivity contribution in [3.05, 3.63) is 52.2 Å². The van der Waals surface area contributed by atoms with Crippen molar-refractivity contribution in [2.75, 3.05) is 12.4 Å². The van der Waals surface area contributed by atoms with Crippen LogP contribution in [0.5, 0.6) is 0 Å². The molecule has 0 spiro atoms. The smallest absolute Gasteiger partial charge is 0.335 e. The van der Waals surface area contributed by atoms with Gasteiger partial charge in [0, 0.05) is 18.1 Å². The van der Waals surface area contributed by atoms with Crippen LogP contribution in [0.4, 0.5) is 5.69 Å². The second kappa shape index (κ2) is 7.17. The van der Waals surface area contributed by atoms with Gasteiger partial charge in [-0.1, -0.05) is 6.07 Å². The predicted octanol–water partition coefficient (Wildman–Crippen LogP) is 2.87. The van der Waals surface area contributed by atoms with E-state index in [1.807, 2.05) is 18.5 Å². The van der Waals surface area contributed by atoms with Gasteiger partial charge in [-0.25, -0.2) is 9.59 Å². The van der Waals surface area contributed by atoms with E-state index < -0.39 is 11.9 Å². The van der Waals surface area contributed by atoms with Crippen LogP contribution in [0, 0.1) is 0 Å². The number of rotatable bonds is 3. The highest BCUT2D eigenvalue weighted by atomic mass is 32.1. The van der Waals surface area contributed by atoms with E-state index >= 15 is 0 Å². The standard InChI is InChI=1S/C8H6O4.C5H7NS/c9-7(10)5-2-1-3-6(4-5)8(11)12;1-6-5-2-3-7-4-5/h1-4H,(H,9,10)(H,11,12);2-4,6H,1H3. The van der Waals surface area contributed by atoms with E-state index in [9.17, 15) is 9.59 Å². The molecule has 5 nitrogen and oxygen atoms in total. The number of carbonyl (C=O) groups is 2. The molecule has 0 radical (unpaired) electrons. The maximum atomic E-state index is 10.4. The molecule has 0 bridgehead atoms. The van der Waals surface area contributed by atoms with Gasteiger partial charge in [0.25, 0.3) is 0 Å². The zero-order valence-corrected chi connectivity index (χ0v) is 11.0. The van der Waals surface area contributed by atoms with Crippen LogP contribution >= 0.6 is 11.3 Å². The van der Waals surface area contributed by atoms with E-state index in [-0.39, 0.29) is 11.1 Å². The van der Waals surface area contributed by atoms with E-state index in [0.29, 0.717) is 0 Å². The molecule has 1 aromatic carbocycles. The Labute approximate surface area is 114 Å². The molecule has 2 rings (SSSR count). The molecule has 0 unspecified atom stereocenters. The van der Waals surface area contributed by atoms with Crippen LogP contribution in [0.3, 0.4) is 0 Å². The van der Waals surface area contributed by atoms with E-state index in [2.05, 4.69) is 10.7 Å². The van der Waals surface area contributed by atoms with Gasteiger partial charge in [0.1, 0.15) is 0 Å². The van der Waals surface area contributed by atoms with Gasteiger partial charge in [-0.2, -0.15) is 11.3 Å². The number of anilines is 1. The number of hydrogen-bond acceptors (Lipinski definition) is 4.